The van der Waals surface area contributed by atoms with Crippen LogP contribution in [0.15, 0.2) is 24.3 Å². The molecule has 0 spiro atoms. The second-order valence-corrected chi connectivity index (χ2v) is 7.04. The maximum Gasteiger partial charge on any atom is 0.261 e. The number of benzene rings is 1. The zero-order valence-corrected chi connectivity index (χ0v) is 14.0. The Labute approximate surface area is 134 Å². The molecule has 0 saturated carbocycles. The highest BCUT2D eigenvalue weighted by Crippen LogP contribution is 2.24. The van der Waals surface area contributed by atoms with Gasteiger partial charge in [-0.3, -0.25) is 14.5 Å². The van der Waals surface area contributed by atoms with Crippen LogP contribution in [-0.2, 0) is 0 Å². The van der Waals surface area contributed by atoms with Gasteiger partial charge in [-0.25, -0.2) is 0 Å². The summed E-state index contributed by atoms with van der Waals surface area (Å²) in [6.45, 7) is 0.517. The predicted molar refractivity (Wildman–Crippen MR) is 87.7 cm³/mol. The Hall–Kier alpha value is -0.180. The van der Waals surface area contributed by atoms with E-state index in [1.165, 1.54) is 4.90 Å². The van der Waals surface area contributed by atoms with E-state index in [-0.39, 0.29) is 11.8 Å². The highest BCUT2D eigenvalue weighted by Gasteiger charge is 2.35. The molecule has 2 amide bonds. The normalized spacial score (nSPS) is 16.0. The van der Waals surface area contributed by atoms with Crippen molar-refractivity contribution in [2.45, 2.75) is 16.8 Å². The molecule has 1 aromatic rings. The van der Waals surface area contributed by atoms with Crippen LogP contribution in [0.4, 0.5) is 0 Å². The zero-order valence-electron chi connectivity index (χ0n) is 9.73. The smallest absolute Gasteiger partial charge is 0.261 e. The van der Waals surface area contributed by atoms with Gasteiger partial charge in [-0.2, -0.15) is 0 Å². The quantitative estimate of drug-likeness (QED) is 0.378. The molecule has 0 N–H and O–H groups in total. The monoisotopic (exact) mass is 469 g/mol. The summed E-state index contributed by atoms with van der Waals surface area (Å²) in [5.74, 6) is -0.293. The number of imide groups is 1. The van der Waals surface area contributed by atoms with Crippen molar-refractivity contribution < 1.29 is 9.59 Å². The highest BCUT2D eigenvalue weighted by atomic mass is 127. The van der Waals surface area contributed by atoms with Gasteiger partial charge in [0.05, 0.1) is 11.1 Å². The molecule has 5 heteroatoms. The molecular weight excluding hydrogens is 456 g/mol. The van der Waals surface area contributed by atoms with Crippen LogP contribution in [0.2, 0.25) is 0 Å². The van der Waals surface area contributed by atoms with Crippen molar-refractivity contribution >= 4 is 57.0 Å². The van der Waals surface area contributed by atoms with Gasteiger partial charge in [0.1, 0.15) is 0 Å². The molecular formula is C13H13I2NO2. The van der Waals surface area contributed by atoms with Crippen molar-refractivity contribution in [2.75, 3.05) is 11.0 Å². The molecule has 0 bridgehead atoms. The van der Waals surface area contributed by atoms with Crippen LogP contribution in [0.5, 0.6) is 0 Å². The molecule has 1 aliphatic rings. The fraction of sp³-hybridized carbons (Fsp3) is 0.385. The number of carbonyl (C=O) groups excluding carboxylic acids is 2. The number of rotatable bonds is 5. The first-order valence-electron chi connectivity index (χ1n) is 5.80. The lowest BCUT2D eigenvalue weighted by atomic mass is 10.1. The number of fused-ring (bicyclic) bond motifs is 1. The number of hydrogen-bond donors (Lipinski definition) is 0. The van der Waals surface area contributed by atoms with E-state index in [4.69, 9.17) is 0 Å². The second-order valence-electron chi connectivity index (χ2n) is 4.19. The van der Waals surface area contributed by atoms with E-state index in [1.807, 2.05) is 0 Å². The van der Waals surface area contributed by atoms with E-state index in [2.05, 4.69) is 45.2 Å². The predicted octanol–water partition coefficient (Wildman–Crippen LogP) is 3.30. The van der Waals surface area contributed by atoms with Crippen LogP contribution >= 0.6 is 45.2 Å². The maximum absolute atomic E-state index is 12.1. The second kappa shape index (κ2) is 6.31. The lowest BCUT2D eigenvalue weighted by Crippen LogP contribution is -2.34. The van der Waals surface area contributed by atoms with Crippen molar-refractivity contribution in [1.82, 2.24) is 4.90 Å². The molecule has 0 radical (unpaired) electrons. The van der Waals surface area contributed by atoms with Crippen molar-refractivity contribution in [3.63, 3.8) is 0 Å². The first-order chi connectivity index (χ1) is 8.65. The van der Waals surface area contributed by atoms with Gasteiger partial charge in [-0.1, -0.05) is 57.3 Å². The summed E-state index contributed by atoms with van der Waals surface area (Å²) in [4.78, 5) is 25.6. The molecule has 2 rings (SSSR count). The molecule has 1 aliphatic heterocycles. The average molecular weight is 469 g/mol. The number of nitrogens with zero attached hydrogens (tertiary/aromatic N) is 1. The number of amides is 2. The first-order valence-corrected chi connectivity index (χ1v) is 8.57. The summed E-state index contributed by atoms with van der Waals surface area (Å²) in [5, 5.41) is 0. The van der Waals surface area contributed by atoms with Gasteiger partial charge in [0.2, 0.25) is 0 Å². The van der Waals surface area contributed by atoms with Crippen molar-refractivity contribution in [3.05, 3.63) is 35.4 Å². The lowest BCUT2D eigenvalue weighted by molar-refractivity contribution is 0.0655. The van der Waals surface area contributed by atoms with E-state index in [0.717, 1.165) is 17.3 Å². The number of halogens is 2. The minimum atomic E-state index is -0.147. The summed E-state index contributed by atoms with van der Waals surface area (Å²) in [6, 6.07) is 7.04. The van der Waals surface area contributed by atoms with Gasteiger partial charge in [-0.15, -0.1) is 0 Å². The Morgan fingerprint density at radius 3 is 2.17 bits per heavy atom. The topological polar surface area (TPSA) is 37.4 Å². The Bertz CT molecular complexity index is 441. The summed E-state index contributed by atoms with van der Waals surface area (Å²) in [6.07, 6.45) is 2.16. The minimum Gasteiger partial charge on any atom is -0.273 e. The van der Waals surface area contributed by atoms with Gasteiger partial charge >= 0.3 is 0 Å². The third kappa shape index (κ3) is 2.87. The molecule has 0 aliphatic carbocycles. The van der Waals surface area contributed by atoms with Crippen LogP contribution < -0.4 is 0 Å². The molecule has 0 saturated heterocycles. The standard InChI is InChI=1S/C13H13I2NO2/c14-7-3-4-9(15)8-16-12(17)10-5-1-2-6-11(10)13(16)18/h1-2,5-6,9H,3-4,7-8H2/t9-/m1/s1. The van der Waals surface area contributed by atoms with Crippen molar-refractivity contribution in [3.8, 4) is 0 Å². The first kappa shape index (κ1) is 14.2. The molecule has 0 fully saturated rings. The fourth-order valence-corrected chi connectivity index (χ4v) is 3.27. The molecule has 1 atom stereocenters. The average Bonchev–Trinajstić information content (AvgIpc) is 2.62. The van der Waals surface area contributed by atoms with Crippen LogP contribution in [0.1, 0.15) is 33.6 Å². The number of carbonyl (C=O) groups is 2. The highest BCUT2D eigenvalue weighted by molar-refractivity contribution is 14.1. The van der Waals surface area contributed by atoms with Gasteiger partial charge in [0, 0.05) is 10.5 Å². The van der Waals surface area contributed by atoms with Crippen LogP contribution in [0.25, 0.3) is 0 Å². The number of hydrogen-bond acceptors (Lipinski definition) is 2. The third-order valence-corrected chi connectivity index (χ3v) is 4.69. The Balaban J connectivity index is 2.09. The van der Waals surface area contributed by atoms with E-state index in [0.29, 0.717) is 21.6 Å². The van der Waals surface area contributed by atoms with Crippen molar-refractivity contribution in [2.24, 2.45) is 0 Å². The molecule has 1 heterocycles. The summed E-state index contributed by atoms with van der Waals surface area (Å²) in [7, 11) is 0. The van der Waals surface area contributed by atoms with E-state index in [9.17, 15) is 9.59 Å². The summed E-state index contributed by atoms with van der Waals surface area (Å²) in [5.41, 5.74) is 1.08. The largest absolute Gasteiger partial charge is 0.273 e. The van der Waals surface area contributed by atoms with Gasteiger partial charge in [0.25, 0.3) is 11.8 Å². The Morgan fingerprint density at radius 2 is 1.67 bits per heavy atom. The van der Waals surface area contributed by atoms with Gasteiger partial charge < -0.3 is 0 Å². The van der Waals surface area contributed by atoms with Crippen LogP contribution in [0, 0.1) is 0 Å². The van der Waals surface area contributed by atoms with E-state index >= 15 is 0 Å². The fourth-order valence-electron chi connectivity index (χ4n) is 1.99. The van der Waals surface area contributed by atoms with Crippen LogP contribution in [0.3, 0.4) is 0 Å². The van der Waals surface area contributed by atoms with Gasteiger partial charge in [-0.05, 0) is 29.4 Å². The molecule has 3 nitrogen and oxygen atoms in total. The lowest BCUT2D eigenvalue weighted by Gasteiger charge is -2.17. The molecule has 96 valence electrons. The number of alkyl halides is 2. The molecule has 0 aromatic heterocycles. The van der Waals surface area contributed by atoms with E-state index in [1.54, 1.807) is 24.3 Å². The van der Waals surface area contributed by atoms with Crippen LogP contribution in [-0.4, -0.2) is 31.6 Å². The van der Waals surface area contributed by atoms with Crippen molar-refractivity contribution in [1.29, 1.82) is 0 Å². The zero-order chi connectivity index (χ0) is 13.1. The molecule has 18 heavy (non-hydrogen) atoms. The van der Waals surface area contributed by atoms with E-state index < -0.39 is 0 Å². The minimum absolute atomic E-state index is 0.147. The molecule has 0 unspecified atom stereocenters. The Kier molecular flexibility index (Phi) is 4.99. The Morgan fingerprint density at radius 1 is 1.11 bits per heavy atom. The SMILES string of the molecule is O=C1c2ccccc2C(=O)N1C[C@H](I)CCCI. The summed E-state index contributed by atoms with van der Waals surface area (Å²) < 4.78 is 1.44. The summed E-state index contributed by atoms with van der Waals surface area (Å²) >= 11 is 4.67. The third-order valence-electron chi connectivity index (χ3n) is 2.91. The van der Waals surface area contributed by atoms with Gasteiger partial charge in [0.15, 0.2) is 0 Å². The molecule has 1 aromatic carbocycles. The maximum atomic E-state index is 12.1.